The number of piperidine rings is 1. The zero-order chi connectivity index (χ0) is 23.8. The third-order valence-electron chi connectivity index (χ3n) is 6.96. The number of nitrogens with zero attached hydrogens (tertiary/aromatic N) is 1. The van der Waals surface area contributed by atoms with E-state index >= 15 is 0 Å². The molecule has 1 saturated heterocycles. The first-order valence-corrected chi connectivity index (χ1v) is 11.8. The number of benzene rings is 2. The van der Waals surface area contributed by atoms with Crippen molar-refractivity contribution in [3.8, 4) is 5.75 Å². The molecule has 186 valence electrons. The van der Waals surface area contributed by atoms with E-state index in [2.05, 4.69) is 30.1 Å². The van der Waals surface area contributed by atoms with E-state index < -0.39 is 5.97 Å². The molecule has 1 aliphatic rings. The summed E-state index contributed by atoms with van der Waals surface area (Å²) in [6.45, 7) is 8.80. The standard InChI is InChI=1S/C27H36N2O4.ClH/c1-4-33-25(31)17-28-26(32)22(15-21-9-6-5-7-10-21)19-29-14-13-27(3,20(2)18-29)23-11-8-12-24(30)16-23;/h5-12,16,20,22,30H,4,13-15,17-19H2,1-3H3,(H,28,32);1H. The maximum absolute atomic E-state index is 13.0. The van der Waals surface area contributed by atoms with Gasteiger partial charge in [-0.1, -0.05) is 56.3 Å². The van der Waals surface area contributed by atoms with Gasteiger partial charge in [0.25, 0.3) is 0 Å². The van der Waals surface area contributed by atoms with Crippen LogP contribution >= 0.6 is 12.4 Å². The highest BCUT2D eigenvalue weighted by molar-refractivity contribution is 5.85. The number of rotatable bonds is 9. The average Bonchev–Trinajstić information content (AvgIpc) is 2.80. The van der Waals surface area contributed by atoms with Crippen molar-refractivity contribution in [2.24, 2.45) is 11.8 Å². The van der Waals surface area contributed by atoms with Crippen LogP contribution in [-0.4, -0.2) is 54.7 Å². The molecule has 0 bridgehead atoms. The van der Waals surface area contributed by atoms with E-state index in [0.717, 1.165) is 30.6 Å². The van der Waals surface area contributed by atoms with Crippen LogP contribution in [0.5, 0.6) is 5.75 Å². The largest absolute Gasteiger partial charge is 0.508 e. The Morgan fingerprint density at radius 3 is 2.59 bits per heavy atom. The predicted octanol–water partition coefficient (Wildman–Crippen LogP) is 3.95. The van der Waals surface area contributed by atoms with Crippen LogP contribution in [-0.2, 0) is 26.2 Å². The molecule has 0 aromatic heterocycles. The summed E-state index contributed by atoms with van der Waals surface area (Å²) in [5.41, 5.74) is 2.22. The first-order chi connectivity index (χ1) is 15.8. The van der Waals surface area contributed by atoms with Gasteiger partial charge in [-0.15, -0.1) is 12.4 Å². The molecule has 7 heteroatoms. The summed E-state index contributed by atoms with van der Waals surface area (Å²) < 4.78 is 4.95. The Balaban J connectivity index is 0.00000408. The number of carbonyl (C=O) groups excluding carboxylic acids is 2. The molecule has 0 saturated carbocycles. The first-order valence-electron chi connectivity index (χ1n) is 11.8. The Morgan fingerprint density at radius 2 is 1.94 bits per heavy atom. The minimum atomic E-state index is -0.419. The van der Waals surface area contributed by atoms with Crippen molar-refractivity contribution in [1.82, 2.24) is 10.2 Å². The molecule has 1 heterocycles. The SMILES string of the molecule is CCOC(=O)CNC(=O)C(Cc1ccccc1)CN1CCC(C)(c2cccc(O)c2)C(C)C1.Cl. The minimum absolute atomic E-state index is 0. The molecule has 2 aromatic rings. The zero-order valence-electron chi connectivity index (χ0n) is 20.3. The molecule has 0 spiro atoms. The van der Waals surface area contributed by atoms with E-state index in [1.165, 1.54) is 0 Å². The quantitative estimate of drug-likeness (QED) is 0.522. The number of esters is 1. The number of halogens is 1. The molecule has 1 aliphatic heterocycles. The molecular weight excluding hydrogens is 452 g/mol. The summed E-state index contributed by atoms with van der Waals surface area (Å²) in [7, 11) is 0. The molecule has 2 aromatic carbocycles. The number of hydrogen-bond donors (Lipinski definition) is 2. The van der Waals surface area contributed by atoms with Gasteiger partial charge in [-0.25, -0.2) is 0 Å². The third-order valence-corrected chi connectivity index (χ3v) is 6.96. The van der Waals surface area contributed by atoms with Crippen LogP contribution in [0.1, 0.15) is 38.3 Å². The Morgan fingerprint density at radius 1 is 1.21 bits per heavy atom. The monoisotopic (exact) mass is 488 g/mol. The van der Waals surface area contributed by atoms with Crippen LogP contribution < -0.4 is 5.32 Å². The number of phenolic OH excluding ortho intramolecular Hbond substituents is 1. The number of amides is 1. The van der Waals surface area contributed by atoms with E-state index in [-0.39, 0.29) is 36.2 Å². The summed E-state index contributed by atoms with van der Waals surface area (Å²) >= 11 is 0. The van der Waals surface area contributed by atoms with Crippen molar-refractivity contribution < 1.29 is 19.4 Å². The van der Waals surface area contributed by atoms with Gasteiger partial charge in [-0.05, 0) is 60.9 Å². The molecule has 1 amide bonds. The number of phenols is 1. The van der Waals surface area contributed by atoms with Crippen LogP contribution in [0.25, 0.3) is 0 Å². The molecule has 3 atom stereocenters. The second-order valence-electron chi connectivity index (χ2n) is 9.29. The molecule has 34 heavy (non-hydrogen) atoms. The van der Waals surface area contributed by atoms with Gasteiger partial charge in [0.2, 0.25) is 5.91 Å². The van der Waals surface area contributed by atoms with Crippen LogP contribution in [0.15, 0.2) is 54.6 Å². The predicted molar refractivity (Wildman–Crippen MR) is 136 cm³/mol. The molecule has 3 rings (SSSR count). The fourth-order valence-electron chi connectivity index (χ4n) is 4.74. The average molecular weight is 489 g/mol. The van der Waals surface area contributed by atoms with Crippen LogP contribution in [0, 0.1) is 11.8 Å². The topological polar surface area (TPSA) is 78.9 Å². The maximum atomic E-state index is 13.0. The lowest BCUT2D eigenvalue weighted by atomic mass is 9.68. The van der Waals surface area contributed by atoms with Gasteiger partial charge < -0.3 is 20.1 Å². The number of aromatic hydroxyl groups is 1. The summed E-state index contributed by atoms with van der Waals surface area (Å²) in [6.07, 6.45) is 1.56. The smallest absolute Gasteiger partial charge is 0.325 e. The number of ether oxygens (including phenoxy) is 1. The Hall–Kier alpha value is -2.57. The number of carbonyl (C=O) groups is 2. The maximum Gasteiger partial charge on any atom is 0.325 e. The van der Waals surface area contributed by atoms with E-state index in [0.29, 0.717) is 31.2 Å². The molecule has 0 radical (unpaired) electrons. The van der Waals surface area contributed by atoms with E-state index in [1.807, 2.05) is 42.5 Å². The minimum Gasteiger partial charge on any atom is -0.508 e. The second-order valence-corrected chi connectivity index (χ2v) is 9.29. The second kappa shape index (κ2) is 12.8. The van der Waals surface area contributed by atoms with Gasteiger partial charge >= 0.3 is 5.97 Å². The molecular formula is C27H37ClN2O4. The lowest BCUT2D eigenvalue weighted by Gasteiger charge is -2.45. The fourth-order valence-corrected chi connectivity index (χ4v) is 4.74. The summed E-state index contributed by atoms with van der Waals surface area (Å²) in [5.74, 6) is -0.157. The van der Waals surface area contributed by atoms with Gasteiger partial charge in [-0.2, -0.15) is 0 Å². The summed E-state index contributed by atoms with van der Waals surface area (Å²) in [4.78, 5) is 27.1. The summed E-state index contributed by atoms with van der Waals surface area (Å²) in [5, 5.41) is 12.7. The first kappa shape index (κ1) is 27.7. The Labute approximate surface area is 209 Å². The normalized spacial score (nSPS) is 21.2. The van der Waals surface area contributed by atoms with E-state index in [4.69, 9.17) is 4.74 Å². The molecule has 6 nitrogen and oxygen atoms in total. The lowest BCUT2D eigenvalue weighted by Crippen LogP contribution is -2.50. The van der Waals surface area contributed by atoms with Gasteiger partial charge in [-0.3, -0.25) is 9.59 Å². The molecule has 2 N–H and O–H groups in total. The lowest BCUT2D eigenvalue weighted by molar-refractivity contribution is -0.143. The van der Waals surface area contributed by atoms with Crippen LogP contribution in [0.4, 0.5) is 0 Å². The molecule has 0 aliphatic carbocycles. The third kappa shape index (κ3) is 7.21. The van der Waals surface area contributed by atoms with Crippen molar-refractivity contribution in [2.75, 3.05) is 32.8 Å². The Kier molecular flexibility index (Phi) is 10.4. The van der Waals surface area contributed by atoms with E-state index in [9.17, 15) is 14.7 Å². The number of hydrogen-bond acceptors (Lipinski definition) is 5. The van der Waals surface area contributed by atoms with E-state index in [1.54, 1.807) is 13.0 Å². The van der Waals surface area contributed by atoms with Crippen molar-refractivity contribution in [1.29, 1.82) is 0 Å². The van der Waals surface area contributed by atoms with Crippen molar-refractivity contribution in [2.45, 2.75) is 39.0 Å². The fraction of sp³-hybridized carbons (Fsp3) is 0.481. The zero-order valence-corrected chi connectivity index (χ0v) is 21.1. The highest BCUT2D eigenvalue weighted by Gasteiger charge is 2.39. The van der Waals surface area contributed by atoms with Crippen molar-refractivity contribution in [3.63, 3.8) is 0 Å². The molecule has 3 unspecified atom stereocenters. The van der Waals surface area contributed by atoms with Crippen LogP contribution in [0.3, 0.4) is 0 Å². The van der Waals surface area contributed by atoms with Gasteiger partial charge in [0.15, 0.2) is 0 Å². The number of likely N-dealkylation sites (tertiary alicyclic amines) is 1. The van der Waals surface area contributed by atoms with Gasteiger partial charge in [0, 0.05) is 13.1 Å². The van der Waals surface area contributed by atoms with Crippen LogP contribution in [0.2, 0.25) is 0 Å². The highest BCUT2D eigenvalue weighted by atomic mass is 35.5. The van der Waals surface area contributed by atoms with Crippen molar-refractivity contribution in [3.05, 3.63) is 65.7 Å². The van der Waals surface area contributed by atoms with Gasteiger partial charge in [0.1, 0.15) is 12.3 Å². The van der Waals surface area contributed by atoms with Crippen molar-refractivity contribution >= 4 is 24.3 Å². The number of nitrogens with one attached hydrogen (secondary N) is 1. The highest BCUT2D eigenvalue weighted by Crippen LogP contribution is 2.40. The molecule has 1 fully saturated rings. The Bertz CT molecular complexity index is 939. The summed E-state index contributed by atoms with van der Waals surface area (Å²) in [6, 6.07) is 17.6. The van der Waals surface area contributed by atoms with Gasteiger partial charge in [0.05, 0.1) is 12.5 Å².